The molecule has 1 unspecified atom stereocenters. The molecule has 1 atom stereocenters. The first-order chi connectivity index (χ1) is 6.86. The average Bonchev–Trinajstić information content (AvgIpc) is 2.16. The molecule has 0 aromatic heterocycles. The molecule has 3 N–H and O–H groups in total. The Morgan fingerprint density at radius 1 is 1.50 bits per heavy atom. The average molecular weight is 199 g/mol. The van der Waals surface area contributed by atoms with Crippen LogP contribution in [0.15, 0.2) is 0 Å². The first-order valence-electron chi connectivity index (χ1n) is 5.16. The molecular weight excluding hydrogens is 182 g/mol. The first-order valence-corrected chi connectivity index (χ1v) is 5.16. The zero-order valence-electron chi connectivity index (χ0n) is 8.21. The van der Waals surface area contributed by atoms with Crippen LogP contribution >= 0.6 is 0 Å². The highest BCUT2D eigenvalue weighted by Gasteiger charge is 2.23. The van der Waals surface area contributed by atoms with E-state index in [4.69, 9.17) is 4.74 Å². The lowest BCUT2D eigenvalue weighted by Crippen LogP contribution is -2.54. The summed E-state index contributed by atoms with van der Waals surface area (Å²) in [6, 6.07) is -0.156. The van der Waals surface area contributed by atoms with E-state index in [1.54, 1.807) is 0 Å². The highest BCUT2D eigenvalue weighted by atomic mass is 16.5. The lowest BCUT2D eigenvalue weighted by Gasteiger charge is -2.29. The highest BCUT2D eigenvalue weighted by Crippen LogP contribution is 2.00. The minimum absolute atomic E-state index is 0.0663. The molecule has 80 valence electrons. The molecule has 1 amide bonds. The van der Waals surface area contributed by atoms with Gasteiger partial charge < -0.3 is 20.7 Å². The standard InChI is InChI=1S/C9H17N3O2/c13-9(8-6-14-2-1-11-8)12-5-7-3-10-4-7/h7-8,10-11H,1-6H2,(H,12,13). The van der Waals surface area contributed by atoms with Crippen molar-refractivity contribution in [1.82, 2.24) is 16.0 Å². The fourth-order valence-corrected chi connectivity index (χ4v) is 1.59. The molecule has 0 spiro atoms. The summed E-state index contributed by atoms with van der Waals surface area (Å²) >= 11 is 0. The lowest BCUT2D eigenvalue weighted by atomic mass is 10.0. The summed E-state index contributed by atoms with van der Waals surface area (Å²) in [7, 11) is 0. The predicted octanol–water partition coefficient (Wildman–Crippen LogP) is -1.69. The maximum Gasteiger partial charge on any atom is 0.239 e. The quantitative estimate of drug-likeness (QED) is 0.507. The molecule has 0 aromatic carbocycles. The first kappa shape index (κ1) is 9.89. The van der Waals surface area contributed by atoms with Crippen LogP contribution in [0.25, 0.3) is 0 Å². The van der Waals surface area contributed by atoms with Gasteiger partial charge in [0.05, 0.1) is 13.2 Å². The van der Waals surface area contributed by atoms with Crippen molar-refractivity contribution < 1.29 is 9.53 Å². The molecule has 5 nitrogen and oxygen atoms in total. The summed E-state index contributed by atoms with van der Waals surface area (Å²) in [6.07, 6.45) is 0. The number of carbonyl (C=O) groups is 1. The lowest BCUT2D eigenvalue weighted by molar-refractivity contribution is -0.126. The second kappa shape index (κ2) is 4.72. The fraction of sp³-hybridized carbons (Fsp3) is 0.889. The molecule has 0 bridgehead atoms. The van der Waals surface area contributed by atoms with Crippen LogP contribution in [0.2, 0.25) is 0 Å². The van der Waals surface area contributed by atoms with Crippen LogP contribution in [0.5, 0.6) is 0 Å². The maximum absolute atomic E-state index is 11.6. The molecular formula is C9H17N3O2. The zero-order valence-corrected chi connectivity index (χ0v) is 8.21. The SMILES string of the molecule is O=C(NCC1CNC1)C1COCCN1. The van der Waals surface area contributed by atoms with E-state index in [9.17, 15) is 4.79 Å². The molecule has 14 heavy (non-hydrogen) atoms. The molecule has 2 fully saturated rings. The van der Waals surface area contributed by atoms with Crippen molar-refractivity contribution in [3.05, 3.63) is 0 Å². The molecule has 2 saturated heterocycles. The van der Waals surface area contributed by atoms with Gasteiger partial charge in [-0.2, -0.15) is 0 Å². The Kier molecular flexibility index (Phi) is 3.34. The smallest absolute Gasteiger partial charge is 0.239 e. The van der Waals surface area contributed by atoms with Gasteiger partial charge in [-0.3, -0.25) is 4.79 Å². The monoisotopic (exact) mass is 199 g/mol. The van der Waals surface area contributed by atoms with Gasteiger partial charge >= 0.3 is 0 Å². The van der Waals surface area contributed by atoms with Crippen LogP contribution in [-0.2, 0) is 9.53 Å². The van der Waals surface area contributed by atoms with E-state index in [0.29, 0.717) is 19.1 Å². The van der Waals surface area contributed by atoms with Crippen molar-refractivity contribution in [2.45, 2.75) is 6.04 Å². The summed E-state index contributed by atoms with van der Waals surface area (Å²) in [5, 5.41) is 9.23. The Morgan fingerprint density at radius 2 is 2.36 bits per heavy atom. The van der Waals surface area contributed by atoms with Crippen LogP contribution in [0.1, 0.15) is 0 Å². The van der Waals surface area contributed by atoms with Gasteiger partial charge in [-0.25, -0.2) is 0 Å². The van der Waals surface area contributed by atoms with Crippen LogP contribution in [0.4, 0.5) is 0 Å². The zero-order chi connectivity index (χ0) is 9.80. The van der Waals surface area contributed by atoms with E-state index in [1.165, 1.54) is 0 Å². The van der Waals surface area contributed by atoms with Gasteiger partial charge in [-0.1, -0.05) is 0 Å². The summed E-state index contributed by atoms with van der Waals surface area (Å²) in [5.41, 5.74) is 0. The minimum Gasteiger partial charge on any atom is -0.378 e. The minimum atomic E-state index is -0.156. The van der Waals surface area contributed by atoms with Crippen molar-refractivity contribution in [1.29, 1.82) is 0 Å². The highest BCUT2D eigenvalue weighted by molar-refractivity contribution is 5.81. The molecule has 0 aromatic rings. The third-order valence-electron chi connectivity index (χ3n) is 2.67. The van der Waals surface area contributed by atoms with E-state index in [2.05, 4.69) is 16.0 Å². The molecule has 0 saturated carbocycles. The summed E-state index contributed by atoms with van der Waals surface area (Å²) in [5.74, 6) is 0.681. The van der Waals surface area contributed by atoms with Crippen molar-refractivity contribution in [2.24, 2.45) is 5.92 Å². The maximum atomic E-state index is 11.6. The summed E-state index contributed by atoms with van der Waals surface area (Å²) in [6.45, 7) is 4.79. The van der Waals surface area contributed by atoms with Gasteiger partial charge in [-0.05, 0) is 0 Å². The van der Waals surface area contributed by atoms with E-state index in [1.807, 2.05) is 0 Å². The fourth-order valence-electron chi connectivity index (χ4n) is 1.59. The molecule has 2 heterocycles. The second-order valence-electron chi connectivity index (χ2n) is 3.85. The topological polar surface area (TPSA) is 62.4 Å². The third-order valence-corrected chi connectivity index (χ3v) is 2.67. The Balaban J connectivity index is 1.65. The van der Waals surface area contributed by atoms with E-state index >= 15 is 0 Å². The Morgan fingerprint density at radius 3 is 2.93 bits per heavy atom. The van der Waals surface area contributed by atoms with Crippen LogP contribution in [0.3, 0.4) is 0 Å². The number of carbonyl (C=O) groups excluding carboxylic acids is 1. The van der Waals surface area contributed by atoms with Gasteiger partial charge in [0.15, 0.2) is 0 Å². The van der Waals surface area contributed by atoms with Crippen LogP contribution in [0, 0.1) is 5.92 Å². The molecule has 0 aliphatic carbocycles. The largest absolute Gasteiger partial charge is 0.378 e. The van der Waals surface area contributed by atoms with Gasteiger partial charge in [0.2, 0.25) is 5.91 Å². The predicted molar refractivity (Wildman–Crippen MR) is 52.0 cm³/mol. The molecule has 2 aliphatic heterocycles. The number of hydrogen-bond donors (Lipinski definition) is 3. The van der Waals surface area contributed by atoms with E-state index in [0.717, 1.165) is 26.2 Å². The van der Waals surface area contributed by atoms with Gasteiger partial charge in [0, 0.05) is 32.1 Å². The number of amides is 1. The van der Waals surface area contributed by atoms with Crippen molar-refractivity contribution in [3.8, 4) is 0 Å². The summed E-state index contributed by atoms with van der Waals surface area (Å²) in [4.78, 5) is 11.6. The number of morpholine rings is 1. The van der Waals surface area contributed by atoms with E-state index in [-0.39, 0.29) is 11.9 Å². The van der Waals surface area contributed by atoms with Gasteiger partial charge in [-0.15, -0.1) is 0 Å². The van der Waals surface area contributed by atoms with Crippen molar-refractivity contribution >= 4 is 5.91 Å². The molecule has 0 radical (unpaired) electrons. The van der Waals surface area contributed by atoms with Crippen LogP contribution in [-0.4, -0.2) is 51.3 Å². The normalized spacial score (nSPS) is 28.1. The van der Waals surface area contributed by atoms with Crippen molar-refractivity contribution in [3.63, 3.8) is 0 Å². The Hall–Kier alpha value is -0.650. The van der Waals surface area contributed by atoms with Gasteiger partial charge in [0.25, 0.3) is 0 Å². The number of hydrogen-bond acceptors (Lipinski definition) is 4. The summed E-state index contributed by atoms with van der Waals surface area (Å²) < 4.78 is 5.21. The Bertz CT molecular complexity index is 200. The van der Waals surface area contributed by atoms with E-state index < -0.39 is 0 Å². The van der Waals surface area contributed by atoms with Crippen molar-refractivity contribution in [2.75, 3.05) is 39.4 Å². The molecule has 2 aliphatic rings. The second-order valence-corrected chi connectivity index (χ2v) is 3.85. The number of nitrogens with one attached hydrogen (secondary N) is 3. The number of rotatable bonds is 3. The molecule has 2 rings (SSSR count). The molecule has 5 heteroatoms. The number of ether oxygens (including phenoxy) is 1. The van der Waals surface area contributed by atoms with Crippen LogP contribution < -0.4 is 16.0 Å². The Labute approximate surface area is 83.6 Å². The van der Waals surface area contributed by atoms with Gasteiger partial charge in [0.1, 0.15) is 6.04 Å². The third kappa shape index (κ3) is 2.43.